The Morgan fingerprint density at radius 3 is 3.14 bits per heavy atom. The van der Waals surface area contributed by atoms with E-state index in [-0.39, 0.29) is 24.3 Å². The van der Waals surface area contributed by atoms with Gasteiger partial charge in [0.25, 0.3) is 5.56 Å². The number of hydrogen-bond donors (Lipinski definition) is 1. The van der Waals surface area contributed by atoms with Crippen molar-refractivity contribution in [1.29, 1.82) is 0 Å². The summed E-state index contributed by atoms with van der Waals surface area (Å²) >= 11 is 0. The lowest BCUT2D eigenvalue weighted by Gasteiger charge is -2.37. The second-order valence-electron chi connectivity index (χ2n) is 5.43. The van der Waals surface area contributed by atoms with E-state index in [2.05, 4.69) is 16.8 Å². The highest BCUT2D eigenvalue weighted by atomic mass is 16.5. The number of nitrogens with zero attached hydrogens (tertiary/aromatic N) is 3. The van der Waals surface area contributed by atoms with Crippen molar-refractivity contribution in [2.45, 2.75) is 25.6 Å². The molecular formula is C15H19N3O3. The smallest absolute Gasteiger partial charge is 0.258 e. The Labute approximate surface area is 122 Å². The van der Waals surface area contributed by atoms with Crippen molar-refractivity contribution < 1.29 is 9.84 Å². The third-order valence-corrected chi connectivity index (χ3v) is 3.83. The van der Waals surface area contributed by atoms with Crippen molar-refractivity contribution in [3.63, 3.8) is 0 Å². The van der Waals surface area contributed by atoms with Gasteiger partial charge >= 0.3 is 0 Å². The van der Waals surface area contributed by atoms with E-state index < -0.39 is 0 Å². The van der Waals surface area contributed by atoms with Gasteiger partial charge in [0.1, 0.15) is 5.65 Å². The topological polar surface area (TPSA) is 67.1 Å². The molecule has 1 fully saturated rings. The minimum Gasteiger partial charge on any atom is -0.394 e. The molecule has 6 nitrogen and oxygen atoms in total. The zero-order chi connectivity index (χ0) is 14.8. The number of hydrogen-bond acceptors (Lipinski definition) is 5. The Bertz CT molecular complexity index is 685. The highest BCUT2D eigenvalue weighted by Crippen LogP contribution is 2.14. The number of morpholine rings is 1. The molecule has 2 aromatic rings. The quantitative estimate of drug-likeness (QED) is 0.879. The number of aromatic nitrogens is 2. The maximum Gasteiger partial charge on any atom is 0.258 e. The summed E-state index contributed by atoms with van der Waals surface area (Å²) in [4.78, 5) is 18.8. The van der Waals surface area contributed by atoms with Gasteiger partial charge in [0.05, 0.1) is 25.0 Å². The SMILES string of the molecule is CC1COC(CO)CN1Cc1cc(=O)n2ccccc2n1. The number of rotatable bonds is 3. The Hall–Kier alpha value is -1.76. The molecule has 112 valence electrons. The molecule has 1 aliphatic heterocycles. The van der Waals surface area contributed by atoms with Gasteiger partial charge in [0.2, 0.25) is 0 Å². The second kappa shape index (κ2) is 5.93. The minimum absolute atomic E-state index is 0.0109. The van der Waals surface area contributed by atoms with E-state index in [1.807, 2.05) is 18.2 Å². The monoisotopic (exact) mass is 289 g/mol. The largest absolute Gasteiger partial charge is 0.394 e. The summed E-state index contributed by atoms with van der Waals surface area (Å²) < 4.78 is 7.05. The van der Waals surface area contributed by atoms with Gasteiger partial charge in [0, 0.05) is 31.4 Å². The van der Waals surface area contributed by atoms with Crippen LogP contribution in [-0.4, -0.2) is 51.3 Å². The number of aliphatic hydroxyl groups is 1. The van der Waals surface area contributed by atoms with Crippen LogP contribution in [0.3, 0.4) is 0 Å². The van der Waals surface area contributed by atoms with Gasteiger partial charge in [-0.2, -0.15) is 0 Å². The van der Waals surface area contributed by atoms with Crippen molar-refractivity contribution in [3.05, 3.63) is 46.5 Å². The van der Waals surface area contributed by atoms with Crippen LogP contribution in [-0.2, 0) is 11.3 Å². The van der Waals surface area contributed by atoms with Crippen LogP contribution in [0.1, 0.15) is 12.6 Å². The molecule has 0 saturated carbocycles. The van der Waals surface area contributed by atoms with E-state index in [0.29, 0.717) is 25.3 Å². The van der Waals surface area contributed by atoms with Crippen LogP contribution in [0, 0.1) is 0 Å². The predicted octanol–water partition coefficient (Wildman–Crippen LogP) is 0.276. The number of ether oxygens (including phenoxy) is 1. The molecule has 0 aromatic carbocycles. The summed E-state index contributed by atoms with van der Waals surface area (Å²) in [6.07, 6.45) is 1.55. The standard InChI is InChI=1S/C15H19N3O3/c1-11-10-21-13(9-19)8-17(11)7-12-6-15(20)18-5-3-2-4-14(18)16-12/h2-6,11,13,19H,7-10H2,1H3. The number of fused-ring (bicyclic) bond motifs is 1. The van der Waals surface area contributed by atoms with Gasteiger partial charge in [-0.15, -0.1) is 0 Å². The molecular weight excluding hydrogens is 270 g/mol. The lowest BCUT2D eigenvalue weighted by molar-refractivity contribution is -0.0808. The van der Waals surface area contributed by atoms with E-state index in [4.69, 9.17) is 4.74 Å². The summed E-state index contributed by atoms with van der Waals surface area (Å²) in [5.41, 5.74) is 1.33. The molecule has 0 bridgehead atoms. The molecule has 0 aliphatic carbocycles. The molecule has 1 N–H and O–H groups in total. The van der Waals surface area contributed by atoms with Crippen LogP contribution in [0.5, 0.6) is 0 Å². The van der Waals surface area contributed by atoms with Crippen LogP contribution < -0.4 is 5.56 Å². The minimum atomic E-state index is -0.164. The molecule has 1 aliphatic rings. The van der Waals surface area contributed by atoms with Crippen LogP contribution in [0.2, 0.25) is 0 Å². The van der Waals surface area contributed by atoms with Crippen LogP contribution in [0.25, 0.3) is 5.65 Å². The van der Waals surface area contributed by atoms with E-state index >= 15 is 0 Å². The Morgan fingerprint density at radius 2 is 2.33 bits per heavy atom. The van der Waals surface area contributed by atoms with Gasteiger partial charge in [-0.25, -0.2) is 4.98 Å². The molecule has 6 heteroatoms. The third-order valence-electron chi connectivity index (χ3n) is 3.83. The summed E-state index contributed by atoms with van der Waals surface area (Å²) in [7, 11) is 0. The zero-order valence-electron chi connectivity index (χ0n) is 12.0. The molecule has 2 unspecified atom stereocenters. The average Bonchev–Trinajstić information content (AvgIpc) is 2.49. The van der Waals surface area contributed by atoms with E-state index in [1.165, 1.54) is 4.40 Å². The zero-order valence-corrected chi connectivity index (χ0v) is 12.0. The molecule has 0 spiro atoms. The lowest BCUT2D eigenvalue weighted by Crippen LogP contribution is -2.49. The summed E-state index contributed by atoms with van der Waals surface area (Å²) in [5.74, 6) is 0. The van der Waals surface area contributed by atoms with Crippen molar-refractivity contribution in [1.82, 2.24) is 14.3 Å². The normalized spacial score (nSPS) is 23.5. The number of aliphatic hydroxyl groups excluding tert-OH is 1. The summed E-state index contributed by atoms with van der Waals surface area (Å²) in [5, 5.41) is 9.23. The Morgan fingerprint density at radius 1 is 1.48 bits per heavy atom. The van der Waals surface area contributed by atoms with E-state index in [9.17, 15) is 9.90 Å². The first-order chi connectivity index (χ1) is 10.2. The highest BCUT2D eigenvalue weighted by Gasteiger charge is 2.26. The Kier molecular flexibility index (Phi) is 4.01. The van der Waals surface area contributed by atoms with Gasteiger partial charge in [-0.3, -0.25) is 14.1 Å². The number of pyridine rings is 1. The molecule has 1 saturated heterocycles. The summed E-state index contributed by atoms with van der Waals surface area (Å²) in [6.45, 7) is 3.89. The Balaban J connectivity index is 1.85. The predicted molar refractivity (Wildman–Crippen MR) is 78.2 cm³/mol. The average molecular weight is 289 g/mol. The van der Waals surface area contributed by atoms with Gasteiger partial charge in [-0.1, -0.05) is 6.07 Å². The van der Waals surface area contributed by atoms with Crippen LogP contribution in [0.4, 0.5) is 0 Å². The lowest BCUT2D eigenvalue weighted by atomic mass is 10.2. The molecule has 3 rings (SSSR count). The fraction of sp³-hybridized carbons (Fsp3) is 0.467. The van der Waals surface area contributed by atoms with Crippen LogP contribution >= 0.6 is 0 Å². The van der Waals surface area contributed by atoms with Gasteiger partial charge in [0.15, 0.2) is 0 Å². The highest BCUT2D eigenvalue weighted by molar-refractivity contribution is 5.37. The molecule has 0 radical (unpaired) electrons. The molecule has 2 atom stereocenters. The molecule has 0 amide bonds. The fourth-order valence-corrected chi connectivity index (χ4v) is 2.60. The molecule has 3 heterocycles. The van der Waals surface area contributed by atoms with Gasteiger partial charge in [-0.05, 0) is 19.1 Å². The van der Waals surface area contributed by atoms with Gasteiger partial charge < -0.3 is 9.84 Å². The van der Waals surface area contributed by atoms with Crippen molar-refractivity contribution in [3.8, 4) is 0 Å². The second-order valence-corrected chi connectivity index (χ2v) is 5.43. The first-order valence-corrected chi connectivity index (χ1v) is 7.11. The maximum absolute atomic E-state index is 12.1. The maximum atomic E-state index is 12.1. The third kappa shape index (κ3) is 2.97. The van der Waals surface area contributed by atoms with Crippen LogP contribution in [0.15, 0.2) is 35.3 Å². The van der Waals surface area contributed by atoms with Crippen molar-refractivity contribution in [2.24, 2.45) is 0 Å². The fourth-order valence-electron chi connectivity index (χ4n) is 2.60. The first-order valence-electron chi connectivity index (χ1n) is 7.11. The van der Waals surface area contributed by atoms with Crippen molar-refractivity contribution >= 4 is 5.65 Å². The van der Waals surface area contributed by atoms with Crippen molar-refractivity contribution in [2.75, 3.05) is 19.8 Å². The molecule has 2 aromatic heterocycles. The van der Waals surface area contributed by atoms with E-state index in [1.54, 1.807) is 12.3 Å². The molecule has 21 heavy (non-hydrogen) atoms. The first kappa shape index (κ1) is 14.2. The summed E-state index contributed by atoms with van der Waals surface area (Å²) in [6, 6.07) is 7.31. The van der Waals surface area contributed by atoms with E-state index in [0.717, 1.165) is 5.69 Å².